The van der Waals surface area contributed by atoms with Gasteiger partial charge in [-0.3, -0.25) is 14.4 Å². The van der Waals surface area contributed by atoms with Crippen LogP contribution in [0.25, 0.3) is 10.2 Å². The lowest BCUT2D eigenvalue weighted by Crippen LogP contribution is -2.43. The van der Waals surface area contributed by atoms with Crippen LogP contribution < -0.4 is 10.6 Å². The number of carbonyl (C=O) groups is 3. The Morgan fingerprint density at radius 2 is 1.94 bits per heavy atom. The number of anilines is 2. The average Bonchev–Trinajstić information content (AvgIpc) is 3.35. The van der Waals surface area contributed by atoms with Gasteiger partial charge in [-0.2, -0.15) is 0 Å². The van der Waals surface area contributed by atoms with Gasteiger partial charge in [0.05, 0.1) is 20.8 Å². The van der Waals surface area contributed by atoms with Crippen LogP contribution >= 0.6 is 34.5 Å². The first-order valence-corrected chi connectivity index (χ1v) is 11.1. The second kappa shape index (κ2) is 8.82. The molecule has 0 spiro atoms. The minimum Gasteiger partial charge on any atom is -0.327 e. The number of aromatic nitrogens is 1. The van der Waals surface area contributed by atoms with E-state index in [2.05, 4.69) is 15.6 Å². The van der Waals surface area contributed by atoms with E-state index in [4.69, 9.17) is 23.2 Å². The topological polar surface area (TPSA) is 91.4 Å². The van der Waals surface area contributed by atoms with Crippen molar-refractivity contribution in [2.24, 2.45) is 0 Å². The summed E-state index contributed by atoms with van der Waals surface area (Å²) in [7, 11) is 0. The number of amides is 3. The lowest BCUT2D eigenvalue weighted by atomic mass is 10.1. The predicted octanol–water partition coefficient (Wildman–Crippen LogP) is 4.80. The highest BCUT2D eigenvalue weighted by Crippen LogP contribution is 2.30. The maximum Gasteiger partial charge on any atom is 0.256 e. The largest absolute Gasteiger partial charge is 0.327 e. The Hall–Kier alpha value is -2.68. The summed E-state index contributed by atoms with van der Waals surface area (Å²) in [4.78, 5) is 43.2. The molecule has 2 heterocycles. The smallest absolute Gasteiger partial charge is 0.256 e. The van der Waals surface area contributed by atoms with Crippen molar-refractivity contribution in [3.8, 4) is 0 Å². The van der Waals surface area contributed by atoms with Gasteiger partial charge in [0, 0.05) is 24.2 Å². The lowest BCUT2D eigenvalue weighted by molar-refractivity contribution is -0.119. The minimum absolute atomic E-state index is 0.164. The third-order valence-electron chi connectivity index (χ3n) is 4.91. The second-order valence-electron chi connectivity index (χ2n) is 7.15. The average molecular weight is 477 g/mol. The first kappa shape index (κ1) is 21.5. The molecule has 0 saturated carbocycles. The molecule has 7 nitrogen and oxygen atoms in total. The van der Waals surface area contributed by atoms with E-state index >= 15 is 0 Å². The number of carbonyl (C=O) groups excluding carboxylic acids is 3. The quantitative estimate of drug-likeness (QED) is 0.565. The third-order valence-corrected chi connectivity index (χ3v) is 6.41. The van der Waals surface area contributed by atoms with Crippen LogP contribution in [-0.2, 0) is 9.59 Å². The molecular formula is C21H18Cl2N4O3S. The number of halogens is 2. The first-order valence-electron chi connectivity index (χ1n) is 9.57. The molecule has 1 saturated heterocycles. The molecule has 0 bridgehead atoms. The van der Waals surface area contributed by atoms with Crippen molar-refractivity contribution in [3.05, 3.63) is 52.0 Å². The molecule has 1 atom stereocenters. The van der Waals surface area contributed by atoms with Gasteiger partial charge < -0.3 is 15.5 Å². The number of nitrogens with zero attached hydrogens (tertiary/aromatic N) is 2. The molecule has 1 aromatic heterocycles. The van der Waals surface area contributed by atoms with Crippen LogP contribution in [0, 0.1) is 0 Å². The van der Waals surface area contributed by atoms with Crippen molar-refractivity contribution in [2.75, 3.05) is 17.2 Å². The SMILES string of the molecule is CC(=O)Nc1ccc2nc(NC(=O)C3CCCN3C(=O)c3cc(Cl)ccc3Cl)sc2c1. The van der Waals surface area contributed by atoms with Crippen LogP contribution in [-0.4, -0.2) is 40.2 Å². The normalized spacial score (nSPS) is 15.8. The van der Waals surface area contributed by atoms with Crippen molar-refractivity contribution in [1.82, 2.24) is 9.88 Å². The molecule has 1 aliphatic heterocycles. The van der Waals surface area contributed by atoms with Gasteiger partial charge in [-0.15, -0.1) is 0 Å². The highest BCUT2D eigenvalue weighted by atomic mass is 35.5. The second-order valence-corrected chi connectivity index (χ2v) is 9.03. The van der Waals surface area contributed by atoms with Crippen molar-refractivity contribution < 1.29 is 14.4 Å². The number of thiazole rings is 1. The summed E-state index contributed by atoms with van der Waals surface area (Å²) < 4.78 is 0.826. The third kappa shape index (κ3) is 4.66. The summed E-state index contributed by atoms with van der Waals surface area (Å²) in [5.74, 6) is -0.789. The number of benzene rings is 2. The number of hydrogen-bond acceptors (Lipinski definition) is 5. The van der Waals surface area contributed by atoms with Crippen LogP contribution in [0.1, 0.15) is 30.1 Å². The minimum atomic E-state index is -0.621. The van der Waals surface area contributed by atoms with Crippen LogP contribution in [0.5, 0.6) is 0 Å². The number of hydrogen-bond donors (Lipinski definition) is 2. The van der Waals surface area contributed by atoms with E-state index in [1.54, 1.807) is 30.3 Å². The Balaban J connectivity index is 1.51. The van der Waals surface area contributed by atoms with Gasteiger partial charge in [-0.25, -0.2) is 4.98 Å². The summed E-state index contributed by atoms with van der Waals surface area (Å²) >= 11 is 13.5. The summed E-state index contributed by atoms with van der Waals surface area (Å²) in [5.41, 5.74) is 1.64. The summed E-state index contributed by atoms with van der Waals surface area (Å²) in [6.45, 7) is 1.90. The zero-order chi connectivity index (χ0) is 22.1. The molecule has 3 aromatic rings. The highest BCUT2D eigenvalue weighted by Gasteiger charge is 2.35. The van der Waals surface area contributed by atoms with Crippen LogP contribution in [0.2, 0.25) is 10.0 Å². The fourth-order valence-corrected chi connectivity index (χ4v) is 4.82. The van der Waals surface area contributed by atoms with Gasteiger partial charge in [0.1, 0.15) is 6.04 Å². The highest BCUT2D eigenvalue weighted by molar-refractivity contribution is 7.22. The number of rotatable bonds is 4. The number of likely N-dealkylation sites (tertiary alicyclic amines) is 1. The standard InChI is InChI=1S/C21H18Cl2N4O3S/c1-11(28)24-13-5-7-16-18(10-13)31-21(25-16)26-19(29)17-3-2-8-27(17)20(30)14-9-12(22)4-6-15(14)23/h4-7,9-10,17H,2-3,8H2,1H3,(H,24,28)(H,25,26,29). The zero-order valence-electron chi connectivity index (χ0n) is 16.4. The molecule has 10 heteroatoms. The van der Waals surface area contributed by atoms with E-state index in [9.17, 15) is 14.4 Å². The molecule has 1 aliphatic rings. The van der Waals surface area contributed by atoms with Gasteiger partial charge in [0.15, 0.2) is 5.13 Å². The van der Waals surface area contributed by atoms with Crippen molar-refractivity contribution in [2.45, 2.75) is 25.8 Å². The van der Waals surface area contributed by atoms with Crippen molar-refractivity contribution in [3.63, 3.8) is 0 Å². The summed E-state index contributed by atoms with van der Waals surface area (Å²) in [6, 6.07) is 9.40. The molecule has 1 unspecified atom stereocenters. The molecule has 0 aliphatic carbocycles. The van der Waals surface area contributed by atoms with Crippen LogP contribution in [0.4, 0.5) is 10.8 Å². The molecule has 2 N–H and O–H groups in total. The Labute approximate surface area is 192 Å². The lowest BCUT2D eigenvalue weighted by Gasteiger charge is -2.24. The van der Waals surface area contributed by atoms with Gasteiger partial charge >= 0.3 is 0 Å². The molecule has 1 fully saturated rings. The van der Waals surface area contributed by atoms with Crippen molar-refractivity contribution in [1.29, 1.82) is 0 Å². The van der Waals surface area contributed by atoms with Gasteiger partial charge in [0.2, 0.25) is 11.8 Å². The van der Waals surface area contributed by atoms with Gasteiger partial charge in [-0.05, 0) is 49.2 Å². The fraction of sp³-hybridized carbons (Fsp3) is 0.238. The van der Waals surface area contributed by atoms with E-state index in [1.807, 2.05) is 0 Å². The fourth-order valence-electron chi connectivity index (χ4n) is 3.55. The summed E-state index contributed by atoms with van der Waals surface area (Å²) in [5, 5.41) is 6.67. The van der Waals surface area contributed by atoms with E-state index in [1.165, 1.54) is 29.2 Å². The molecule has 160 valence electrons. The van der Waals surface area contributed by atoms with E-state index in [-0.39, 0.29) is 23.3 Å². The molecule has 2 aromatic carbocycles. The van der Waals surface area contributed by atoms with Crippen LogP contribution in [0.3, 0.4) is 0 Å². The van der Waals surface area contributed by atoms with E-state index in [0.29, 0.717) is 45.8 Å². The van der Waals surface area contributed by atoms with Crippen LogP contribution in [0.15, 0.2) is 36.4 Å². The Morgan fingerprint density at radius 1 is 1.13 bits per heavy atom. The van der Waals surface area contributed by atoms with E-state index < -0.39 is 6.04 Å². The molecule has 0 radical (unpaired) electrons. The summed E-state index contributed by atoms with van der Waals surface area (Å²) in [6.07, 6.45) is 1.26. The van der Waals surface area contributed by atoms with Gasteiger partial charge in [0.25, 0.3) is 5.91 Å². The Bertz CT molecular complexity index is 1200. The van der Waals surface area contributed by atoms with Gasteiger partial charge in [-0.1, -0.05) is 34.5 Å². The zero-order valence-corrected chi connectivity index (χ0v) is 18.8. The van der Waals surface area contributed by atoms with E-state index in [0.717, 1.165) is 4.70 Å². The Kier molecular flexibility index (Phi) is 6.13. The number of nitrogens with one attached hydrogen (secondary N) is 2. The Morgan fingerprint density at radius 3 is 2.71 bits per heavy atom. The predicted molar refractivity (Wildman–Crippen MR) is 123 cm³/mol. The monoisotopic (exact) mass is 476 g/mol. The number of fused-ring (bicyclic) bond motifs is 1. The molecule has 4 rings (SSSR count). The molecular weight excluding hydrogens is 459 g/mol. The first-order chi connectivity index (χ1) is 14.8. The maximum atomic E-state index is 13.0. The van der Waals surface area contributed by atoms with Crippen molar-refractivity contribution >= 4 is 73.3 Å². The molecule has 31 heavy (non-hydrogen) atoms. The molecule has 3 amide bonds. The maximum absolute atomic E-state index is 13.0.